The fourth-order valence-electron chi connectivity index (χ4n) is 7.07. The van der Waals surface area contributed by atoms with Gasteiger partial charge in [-0.25, -0.2) is 4.39 Å². The summed E-state index contributed by atoms with van der Waals surface area (Å²) in [6.07, 6.45) is 14.3. The molecule has 1 aromatic heterocycles. The van der Waals surface area contributed by atoms with E-state index in [4.69, 9.17) is 0 Å². The number of rotatable bonds is 6. The van der Waals surface area contributed by atoms with E-state index in [9.17, 15) is 14.3 Å². The van der Waals surface area contributed by atoms with E-state index in [0.717, 1.165) is 63.4 Å². The van der Waals surface area contributed by atoms with Crippen molar-refractivity contribution in [3.63, 3.8) is 0 Å². The van der Waals surface area contributed by atoms with Gasteiger partial charge in [-0.1, -0.05) is 38.8 Å². The lowest BCUT2D eigenvalue weighted by atomic mass is 9.63. The molecule has 0 radical (unpaired) electrons. The van der Waals surface area contributed by atoms with Crippen LogP contribution in [0.25, 0.3) is 5.57 Å². The van der Waals surface area contributed by atoms with Gasteiger partial charge in [-0.05, 0) is 103 Å². The number of aryl methyl sites for hydroxylation is 1. The van der Waals surface area contributed by atoms with Gasteiger partial charge in [0.25, 0.3) is 5.91 Å². The van der Waals surface area contributed by atoms with Gasteiger partial charge < -0.3 is 10.4 Å². The van der Waals surface area contributed by atoms with Crippen LogP contribution in [0.1, 0.15) is 85.8 Å². The molecule has 0 spiro atoms. The van der Waals surface area contributed by atoms with Crippen LogP contribution in [0.15, 0.2) is 42.7 Å². The standard InChI is InChI=1S/C30H37FN2O2/c1-3-29(2)26(10-11-27(29)24-16-25(31)18-32-17-24)22-8-6-21-15-23(9-7-20(21)14-22)28(35)33-30(19-34)12-4-5-13-30/h7,9,11,15-18,22,26,34H,3-6,8,10,12-14,19H2,1-2H3,(H,33,35)/t22-,26+,29+/m1/s1. The molecule has 3 aliphatic rings. The number of amides is 1. The highest BCUT2D eigenvalue weighted by atomic mass is 19.1. The number of hydrogen-bond acceptors (Lipinski definition) is 3. The third-order valence-corrected chi connectivity index (χ3v) is 9.31. The smallest absolute Gasteiger partial charge is 0.251 e. The van der Waals surface area contributed by atoms with Gasteiger partial charge in [0, 0.05) is 11.8 Å². The molecule has 1 aromatic carbocycles. The summed E-state index contributed by atoms with van der Waals surface area (Å²) < 4.78 is 13.9. The van der Waals surface area contributed by atoms with E-state index >= 15 is 0 Å². The van der Waals surface area contributed by atoms with Crippen LogP contribution < -0.4 is 5.32 Å². The minimum absolute atomic E-state index is 0.00261. The summed E-state index contributed by atoms with van der Waals surface area (Å²) in [6.45, 7) is 4.58. The van der Waals surface area contributed by atoms with Crippen molar-refractivity contribution < 1.29 is 14.3 Å². The van der Waals surface area contributed by atoms with Gasteiger partial charge in [0.05, 0.1) is 18.3 Å². The first-order valence-corrected chi connectivity index (χ1v) is 13.2. The molecule has 35 heavy (non-hydrogen) atoms. The van der Waals surface area contributed by atoms with Crippen LogP contribution in [0.3, 0.4) is 0 Å². The maximum absolute atomic E-state index is 13.9. The minimum atomic E-state index is -0.451. The number of aliphatic hydroxyl groups is 1. The van der Waals surface area contributed by atoms with Crippen LogP contribution in [0.2, 0.25) is 0 Å². The van der Waals surface area contributed by atoms with E-state index in [2.05, 4.69) is 42.4 Å². The quantitative estimate of drug-likeness (QED) is 0.547. The molecule has 1 fully saturated rings. The van der Waals surface area contributed by atoms with Crippen molar-refractivity contribution in [1.82, 2.24) is 10.3 Å². The molecule has 0 aliphatic heterocycles. The summed E-state index contributed by atoms with van der Waals surface area (Å²) in [5, 5.41) is 13.0. The Morgan fingerprint density at radius 3 is 2.71 bits per heavy atom. The maximum Gasteiger partial charge on any atom is 0.251 e. The van der Waals surface area contributed by atoms with Crippen LogP contribution in [-0.4, -0.2) is 28.1 Å². The predicted octanol–water partition coefficient (Wildman–Crippen LogP) is 5.88. The van der Waals surface area contributed by atoms with Crippen molar-refractivity contribution in [2.45, 2.75) is 77.2 Å². The van der Waals surface area contributed by atoms with Crippen molar-refractivity contribution in [3.8, 4) is 0 Å². The fraction of sp³-hybridized carbons (Fsp3) is 0.533. The van der Waals surface area contributed by atoms with Gasteiger partial charge in [0.2, 0.25) is 0 Å². The molecule has 0 unspecified atom stereocenters. The number of hydrogen-bond donors (Lipinski definition) is 2. The highest BCUT2D eigenvalue weighted by molar-refractivity contribution is 5.95. The molecule has 1 heterocycles. The topological polar surface area (TPSA) is 62.2 Å². The number of pyridine rings is 1. The molecule has 1 amide bonds. The lowest BCUT2D eigenvalue weighted by Gasteiger charge is -2.41. The zero-order valence-corrected chi connectivity index (χ0v) is 20.9. The van der Waals surface area contributed by atoms with Gasteiger partial charge in [-0.3, -0.25) is 9.78 Å². The van der Waals surface area contributed by atoms with Gasteiger partial charge in [0.15, 0.2) is 0 Å². The molecule has 3 aliphatic carbocycles. The summed E-state index contributed by atoms with van der Waals surface area (Å²) in [4.78, 5) is 17.1. The van der Waals surface area contributed by atoms with Crippen LogP contribution in [-0.2, 0) is 12.8 Å². The summed E-state index contributed by atoms with van der Waals surface area (Å²) in [7, 11) is 0. The number of nitrogens with one attached hydrogen (secondary N) is 1. The first kappa shape index (κ1) is 24.2. The van der Waals surface area contributed by atoms with E-state index in [1.807, 2.05) is 6.07 Å². The molecule has 0 saturated heterocycles. The Balaban J connectivity index is 1.31. The molecule has 2 aromatic rings. The second-order valence-electron chi connectivity index (χ2n) is 11.2. The molecule has 3 atom stereocenters. The highest BCUT2D eigenvalue weighted by Gasteiger charge is 2.45. The van der Waals surface area contributed by atoms with Crippen molar-refractivity contribution >= 4 is 11.5 Å². The Morgan fingerprint density at radius 2 is 2.00 bits per heavy atom. The number of nitrogens with zero attached hydrogens (tertiary/aromatic N) is 1. The van der Waals surface area contributed by atoms with Crippen molar-refractivity contribution in [3.05, 3.63) is 70.8 Å². The van der Waals surface area contributed by atoms with Gasteiger partial charge >= 0.3 is 0 Å². The zero-order chi connectivity index (χ0) is 24.6. The van der Waals surface area contributed by atoms with Crippen molar-refractivity contribution in [1.29, 1.82) is 0 Å². The maximum atomic E-state index is 13.9. The zero-order valence-electron chi connectivity index (χ0n) is 20.9. The molecule has 5 rings (SSSR count). The SMILES string of the molecule is CC[C@]1(C)C(c2cncc(F)c2)=CC[C@H]1[C@@H]1CCc2cc(C(=O)NC3(CO)CCCC3)ccc2C1. The number of carbonyl (C=O) groups excluding carboxylic acids is 1. The molecule has 1 saturated carbocycles. The van der Waals surface area contributed by atoms with E-state index in [-0.39, 0.29) is 23.7 Å². The molecule has 186 valence electrons. The largest absolute Gasteiger partial charge is 0.394 e. The van der Waals surface area contributed by atoms with Crippen molar-refractivity contribution in [2.75, 3.05) is 6.61 Å². The Labute approximate surface area is 208 Å². The third kappa shape index (κ3) is 4.44. The Morgan fingerprint density at radius 1 is 1.20 bits per heavy atom. The number of benzene rings is 1. The molecule has 2 N–H and O–H groups in total. The molecular weight excluding hydrogens is 439 g/mol. The third-order valence-electron chi connectivity index (χ3n) is 9.31. The average molecular weight is 477 g/mol. The van der Waals surface area contributed by atoms with E-state index in [1.165, 1.54) is 22.9 Å². The summed E-state index contributed by atoms with van der Waals surface area (Å²) in [5.74, 6) is 0.708. The monoisotopic (exact) mass is 476 g/mol. The number of carbonyl (C=O) groups is 1. The molecule has 5 heteroatoms. The number of aromatic nitrogens is 1. The van der Waals surface area contributed by atoms with Crippen LogP contribution in [0.4, 0.5) is 4.39 Å². The highest BCUT2D eigenvalue weighted by Crippen LogP contribution is 2.55. The van der Waals surface area contributed by atoms with E-state index < -0.39 is 5.54 Å². The predicted molar refractivity (Wildman–Crippen MR) is 136 cm³/mol. The van der Waals surface area contributed by atoms with Gasteiger partial charge in [-0.2, -0.15) is 0 Å². The lowest BCUT2D eigenvalue weighted by molar-refractivity contribution is 0.0838. The average Bonchev–Trinajstić information content (AvgIpc) is 3.48. The fourth-order valence-corrected chi connectivity index (χ4v) is 7.07. The van der Waals surface area contributed by atoms with Crippen LogP contribution in [0.5, 0.6) is 0 Å². The van der Waals surface area contributed by atoms with E-state index in [1.54, 1.807) is 12.3 Å². The Kier molecular flexibility index (Phi) is 6.56. The van der Waals surface area contributed by atoms with Gasteiger partial charge in [0.1, 0.15) is 5.82 Å². The van der Waals surface area contributed by atoms with E-state index in [0.29, 0.717) is 17.4 Å². The molecular formula is C30H37FN2O2. The summed E-state index contributed by atoms with van der Waals surface area (Å²) in [5.41, 5.74) is 5.01. The summed E-state index contributed by atoms with van der Waals surface area (Å²) in [6, 6.07) is 7.77. The minimum Gasteiger partial charge on any atom is -0.394 e. The normalized spacial score (nSPS) is 27.4. The lowest BCUT2D eigenvalue weighted by Crippen LogP contribution is -2.49. The molecule has 0 bridgehead atoms. The second kappa shape index (κ2) is 9.50. The number of allylic oxidation sites excluding steroid dienone is 2. The van der Waals surface area contributed by atoms with Crippen molar-refractivity contribution in [2.24, 2.45) is 17.3 Å². The number of fused-ring (bicyclic) bond motifs is 1. The Bertz CT molecular complexity index is 1140. The number of halogens is 1. The first-order chi connectivity index (χ1) is 16.9. The first-order valence-electron chi connectivity index (χ1n) is 13.2. The summed E-state index contributed by atoms with van der Waals surface area (Å²) >= 11 is 0. The van der Waals surface area contributed by atoms with Gasteiger partial charge in [-0.15, -0.1) is 0 Å². The molecule has 4 nitrogen and oxygen atoms in total. The van der Waals surface area contributed by atoms with Crippen LogP contribution in [0, 0.1) is 23.1 Å². The number of aliphatic hydroxyl groups excluding tert-OH is 1. The van der Waals surface area contributed by atoms with Crippen LogP contribution >= 0.6 is 0 Å². The second-order valence-corrected chi connectivity index (χ2v) is 11.2. The Hall–Kier alpha value is -2.53.